The quantitative estimate of drug-likeness (QED) is 0.685. The van der Waals surface area contributed by atoms with Gasteiger partial charge in [-0.15, -0.1) is 0 Å². The molecule has 3 heteroatoms. The molecule has 27 heavy (non-hydrogen) atoms. The fourth-order valence-electron chi connectivity index (χ4n) is 3.33. The van der Waals surface area contributed by atoms with Crippen molar-refractivity contribution >= 4 is 5.91 Å². The van der Waals surface area contributed by atoms with Crippen LogP contribution in [0.15, 0.2) is 66.7 Å². The first-order chi connectivity index (χ1) is 12.7. The van der Waals surface area contributed by atoms with Gasteiger partial charge in [0.1, 0.15) is 5.75 Å². The molecule has 0 heterocycles. The predicted octanol–water partition coefficient (Wildman–Crippen LogP) is 5.05. The maximum atomic E-state index is 11.8. The molecule has 0 aliphatic rings. The standard InChI is InChI=1S/C24H25NO2/c1-24(2,3)22-15-18(9-10-21(22)23(25)27)19-12-17(13-20(26)14-19)11-16-7-5-4-6-8-16/h4-10,12-15,26H,11H2,1-3H3,(H2,25,27). The molecule has 0 fully saturated rings. The fraction of sp³-hybridized carbons (Fsp3) is 0.208. The van der Waals surface area contributed by atoms with Crippen LogP contribution in [-0.4, -0.2) is 11.0 Å². The van der Waals surface area contributed by atoms with Gasteiger partial charge in [-0.25, -0.2) is 0 Å². The number of primary amides is 1. The minimum Gasteiger partial charge on any atom is -0.508 e. The van der Waals surface area contributed by atoms with Crippen LogP contribution in [0.3, 0.4) is 0 Å². The second kappa shape index (κ2) is 7.28. The Balaban J connectivity index is 2.05. The summed E-state index contributed by atoms with van der Waals surface area (Å²) in [6.07, 6.45) is 0.744. The third kappa shape index (κ3) is 4.37. The molecule has 3 aromatic carbocycles. The molecule has 0 atom stereocenters. The Labute approximate surface area is 160 Å². The minimum absolute atomic E-state index is 0.218. The lowest BCUT2D eigenvalue weighted by Gasteiger charge is -2.23. The number of carbonyl (C=O) groups is 1. The Kier molecular flexibility index (Phi) is 5.04. The SMILES string of the molecule is CC(C)(C)c1cc(-c2cc(O)cc(Cc3ccccc3)c2)ccc1C(N)=O. The highest BCUT2D eigenvalue weighted by Gasteiger charge is 2.21. The molecule has 0 saturated heterocycles. The number of nitrogens with two attached hydrogens (primary N) is 1. The van der Waals surface area contributed by atoms with Gasteiger partial charge in [-0.2, -0.15) is 0 Å². The maximum absolute atomic E-state index is 11.8. The number of rotatable bonds is 4. The van der Waals surface area contributed by atoms with E-state index in [0.717, 1.165) is 28.7 Å². The summed E-state index contributed by atoms with van der Waals surface area (Å²) in [7, 11) is 0. The van der Waals surface area contributed by atoms with Crippen LogP contribution in [0.2, 0.25) is 0 Å². The van der Waals surface area contributed by atoms with Gasteiger partial charge in [-0.3, -0.25) is 4.79 Å². The lowest BCUT2D eigenvalue weighted by Crippen LogP contribution is -2.21. The molecular weight excluding hydrogens is 334 g/mol. The molecule has 3 nitrogen and oxygen atoms in total. The van der Waals surface area contributed by atoms with Crippen molar-refractivity contribution in [2.24, 2.45) is 5.73 Å². The lowest BCUT2D eigenvalue weighted by molar-refractivity contribution is 0.0998. The molecule has 1 amide bonds. The normalized spacial score (nSPS) is 11.4. The zero-order valence-electron chi connectivity index (χ0n) is 16.0. The van der Waals surface area contributed by atoms with Gasteiger partial charge in [0.2, 0.25) is 5.91 Å². The number of hydrogen-bond donors (Lipinski definition) is 2. The van der Waals surface area contributed by atoms with Crippen molar-refractivity contribution < 1.29 is 9.90 Å². The monoisotopic (exact) mass is 359 g/mol. The summed E-state index contributed by atoms with van der Waals surface area (Å²) in [5.41, 5.74) is 10.9. The Morgan fingerprint density at radius 2 is 1.59 bits per heavy atom. The highest BCUT2D eigenvalue weighted by Crippen LogP contribution is 2.32. The molecule has 3 rings (SSSR count). The number of phenolic OH excluding ortho intramolecular Hbond substituents is 1. The van der Waals surface area contributed by atoms with Crippen LogP contribution < -0.4 is 5.73 Å². The van der Waals surface area contributed by atoms with Gasteiger partial charge in [0.15, 0.2) is 0 Å². The average molecular weight is 359 g/mol. The number of carbonyl (C=O) groups excluding carboxylic acids is 1. The molecule has 3 N–H and O–H groups in total. The molecule has 0 saturated carbocycles. The Morgan fingerprint density at radius 3 is 2.22 bits per heavy atom. The second-order valence-corrected chi connectivity index (χ2v) is 7.93. The van der Waals surface area contributed by atoms with E-state index < -0.39 is 5.91 Å². The molecule has 0 aliphatic heterocycles. The fourth-order valence-corrected chi connectivity index (χ4v) is 3.33. The highest BCUT2D eigenvalue weighted by molar-refractivity contribution is 5.95. The molecular formula is C24H25NO2. The number of hydrogen-bond acceptors (Lipinski definition) is 2. The van der Waals surface area contributed by atoms with Gasteiger partial charge in [-0.1, -0.05) is 63.2 Å². The second-order valence-electron chi connectivity index (χ2n) is 7.93. The van der Waals surface area contributed by atoms with Crippen molar-refractivity contribution in [2.75, 3.05) is 0 Å². The van der Waals surface area contributed by atoms with Crippen LogP contribution in [0.25, 0.3) is 11.1 Å². The zero-order chi connectivity index (χ0) is 19.6. The summed E-state index contributed by atoms with van der Waals surface area (Å²) in [6.45, 7) is 6.17. The smallest absolute Gasteiger partial charge is 0.248 e. The van der Waals surface area contributed by atoms with E-state index in [0.29, 0.717) is 5.56 Å². The van der Waals surface area contributed by atoms with Crippen molar-refractivity contribution in [3.8, 4) is 16.9 Å². The molecule has 0 aromatic heterocycles. The van der Waals surface area contributed by atoms with Gasteiger partial charge >= 0.3 is 0 Å². The van der Waals surface area contributed by atoms with Gasteiger partial charge < -0.3 is 10.8 Å². The van der Waals surface area contributed by atoms with Crippen molar-refractivity contribution in [2.45, 2.75) is 32.6 Å². The summed E-state index contributed by atoms with van der Waals surface area (Å²) >= 11 is 0. The number of amides is 1. The molecule has 0 unspecified atom stereocenters. The lowest BCUT2D eigenvalue weighted by atomic mass is 9.81. The maximum Gasteiger partial charge on any atom is 0.248 e. The van der Waals surface area contributed by atoms with E-state index in [4.69, 9.17) is 5.73 Å². The first-order valence-electron chi connectivity index (χ1n) is 9.05. The van der Waals surface area contributed by atoms with Gasteiger partial charge in [-0.05, 0) is 63.9 Å². The van der Waals surface area contributed by atoms with E-state index in [1.54, 1.807) is 18.2 Å². The first-order valence-corrected chi connectivity index (χ1v) is 9.05. The van der Waals surface area contributed by atoms with E-state index in [2.05, 4.69) is 39.0 Å². The van der Waals surface area contributed by atoms with Crippen molar-refractivity contribution in [1.82, 2.24) is 0 Å². The van der Waals surface area contributed by atoms with Gasteiger partial charge in [0.25, 0.3) is 0 Å². The van der Waals surface area contributed by atoms with E-state index >= 15 is 0 Å². The Bertz CT molecular complexity index is 969. The first kappa shape index (κ1) is 18.7. The molecule has 0 aliphatic carbocycles. The molecule has 0 bridgehead atoms. The summed E-state index contributed by atoms with van der Waals surface area (Å²) < 4.78 is 0. The summed E-state index contributed by atoms with van der Waals surface area (Å²) in [5.74, 6) is -0.193. The molecule has 0 radical (unpaired) electrons. The van der Waals surface area contributed by atoms with E-state index in [9.17, 15) is 9.90 Å². The van der Waals surface area contributed by atoms with Crippen LogP contribution in [0, 0.1) is 0 Å². The van der Waals surface area contributed by atoms with Crippen LogP contribution in [0.1, 0.15) is 47.8 Å². The summed E-state index contributed by atoms with van der Waals surface area (Å²) in [5, 5.41) is 10.2. The molecule has 138 valence electrons. The Morgan fingerprint density at radius 1 is 0.889 bits per heavy atom. The molecule has 0 spiro atoms. The summed E-state index contributed by atoms with van der Waals surface area (Å²) in [6, 6.07) is 21.4. The van der Waals surface area contributed by atoms with Crippen molar-refractivity contribution in [1.29, 1.82) is 0 Å². The number of aromatic hydroxyl groups is 1. The van der Waals surface area contributed by atoms with Crippen LogP contribution in [-0.2, 0) is 11.8 Å². The van der Waals surface area contributed by atoms with Crippen LogP contribution in [0.4, 0.5) is 0 Å². The molecule has 3 aromatic rings. The topological polar surface area (TPSA) is 63.3 Å². The summed E-state index contributed by atoms with van der Waals surface area (Å²) in [4.78, 5) is 11.8. The van der Waals surface area contributed by atoms with Crippen molar-refractivity contribution in [3.63, 3.8) is 0 Å². The zero-order valence-corrected chi connectivity index (χ0v) is 16.0. The van der Waals surface area contributed by atoms with Gasteiger partial charge in [0.05, 0.1) is 0 Å². The van der Waals surface area contributed by atoms with Crippen molar-refractivity contribution in [3.05, 3.63) is 89.0 Å². The van der Waals surface area contributed by atoms with E-state index in [-0.39, 0.29) is 11.2 Å². The number of benzene rings is 3. The number of phenols is 1. The minimum atomic E-state index is -0.424. The van der Waals surface area contributed by atoms with E-state index in [1.165, 1.54) is 5.56 Å². The Hall–Kier alpha value is -3.07. The average Bonchev–Trinajstić information content (AvgIpc) is 2.61. The van der Waals surface area contributed by atoms with Gasteiger partial charge in [0, 0.05) is 5.56 Å². The van der Waals surface area contributed by atoms with Crippen LogP contribution in [0.5, 0.6) is 5.75 Å². The van der Waals surface area contributed by atoms with Crippen LogP contribution >= 0.6 is 0 Å². The van der Waals surface area contributed by atoms with E-state index in [1.807, 2.05) is 30.3 Å². The highest BCUT2D eigenvalue weighted by atomic mass is 16.3. The largest absolute Gasteiger partial charge is 0.508 e. The predicted molar refractivity (Wildman–Crippen MR) is 110 cm³/mol. The third-order valence-corrected chi connectivity index (χ3v) is 4.66. The third-order valence-electron chi connectivity index (χ3n) is 4.66.